The lowest BCUT2D eigenvalue weighted by molar-refractivity contribution is 1.27. The van der Waals surface area contributed by atoms with Crippen LogP contribution in [0.2, 0.25) is 0 Å². The molecule has 0 N–H and O–H groups in total. The number of alkyl halides is 1. The second-order valence-electron chi connectivity index (χ2n) is 4.35. The summed E-state index contributed by atoms with van der Waals surface area (Å²) in [4.78, 5) is 1.69. The molecule has 0 nitrogen and oxygen atoms in total. The van der Waals surface area contributed by atoms with E-state index in [1.54, 1.807) is 0 Å². The summed E-state index contributed by atoms with van der Waals surface area (Å²) >= 11 is 9.41. The molecule has 3 heterocycles. The molecule has 4 rings (SSSR count). The van der Waals surface area contributed by atoms with Crippen molar-refractivity contribution < 1.29 is 0 Å². The van der Waals surface area contributed by atoms with Crippen LogP contribution in [-0.2, 0) is 0 Å². The molecule has 0 bridgehead atoms. The number of halogens is 1. The topological polar surface area (TPSA) is 0 Å². The molecular weight excluding hydrogens is 356 g/mol. The predicted octanol–water partition coefficient (Wildman–Crippen LogP) is 6.66. The smallest absolute Gasteiger partial charge is 0.0752 e. The minimum Gasteiger partial charge on any atom is -0.143 e. The highest BCUT2D eigenvalue weighted by Gasteiger charge is 2.17. The molecule has 0 aliphatic carbocycles. The van der Waals surface area contributed by atoms with Gasteiger partial charge in [0.05, 0.1) is 4.83 Å². The molecule has 4 heteroatoms. The average Bonchev–Trinajstić information content (AvgIpc) is 3.11. The predicted molar refractivity (Wildman–Crippen MR) is 92.3 cm³/mol. The molecular formula is C15H9BrS3. The summed E-state index contributed by atoms with van der Waals surface area (Å²) in [5.74, 6) is 0. The molecule has 1 unspecified atom stereocenters. The standard InChI is InChI=1S/C15H9BrS3/c16-15(14-7-13-12(19-14)5-6-17-13)10-8-18-11-4-2-1-3-9(10)11/h1-8,15H. The minimum atomic E-state index is 0.299. The van der Waals surface area contributed by atoms with E-state index >= 15 is 0 Å². The van der Waals surface area contributed by atoms with Gasteiger partial charge in [-0.1, -0.05) is 34.1 Å². The second-order valence-corrected chi connectivity index (χ2v) is 8.24. The molecule has 0 saturated heterocycles. The first-order chi connectivity index (χ1) is 9.33. The van der Waals surface area contributed by atoms with Crippen molar-refractivity contribution in [3.63, 3.8) is 0 Å². The van der Waals surface area contributed by atoms with Gasteiger partial charge in [-0.3, -0.25) is 0 Å². The highest BCUT2D eigenvalue weighted by molar-refractivity contribution is 9.09. The Bertz CT molecular complexity index is 824. The Morgan fingerprint density at radius 3 is 2.74 bits per heavy atom. The van der Waals surface area contributed by atoms with Crippen molar-refractivity contribution in [3.8, 4) is 0 Å². The lowest BCUT2D eigenvalue weighted by Gasteiger charge is -2.06. The molecule has 0 saturated carbocycles. The number of hydrogen-bond donors (Lipinski definition) is 0. The first-order valence-electron chi connectivity index (χ1n) is 5.90. The van der Waals surface area contributed by atoms with Crippen LogP contribution in [0, 0.1) is 0 Å². The quantitative estimate of drug-likeness (QED) is 0.348. The Kier molecular flexibility index (Phi) is 2.99. The van der Waals surface area contributed by atoms with E-state index in [1.165, 1.54) is 29.9 Å². The van der Waals surface area contributed by atoms with Gasteiger partial charge in [0, 0.05) is 19.0 Å². The zero-order chi connectivity index (χ0) is 12.8. The van der Waals surface area contributed by atoms with Gasteiger partial charge in [0.25, 0.3) is 0 Å². The Hall–Kier alpha value is -0.680. The fourth-order valence-electron chi connectivity index (χ4n) is 2.26. The minimum absolute atomic E-state index is 0.299. The maximum absolute atomic E-state index is 3.88. The number of fused-ring (bicyclic) bond motifs is 2. The third kappa shape index (κ3) is 1.98. The van der Waals surface area contributed by atoms with Gasteiger partial charge in [-0.15, -0.1) is 34.0 Å². The van der Waals surface area contributed by atoms with Gasteiger partial charge in [-0.05, 0) is 39.9 Å². The van der Waals surface area contributed by atoms with Crippen LogP contribution in [-0.4, -0.2) is 0 Å². The second kappa shape index (κ2) is 4.70. The fraction of sp³-hybridized carbons (Fsp3) is 0.0667. The summed E-state index contributed by atoms with van der Waals surface area (Å²) in [5, 5.41) is 5.80. The van der Waals surface area contributed by atoms with E-state index in [1.807, 2.05) is 34.0 Å². The largest absolute Gasteiger partial charge is 0.143 e. The number of benzene rings is 1. The van der Waals surface area contributed by atoms with Crippen molar-refractivity contribution >= 4 is 69.4 Å². The first kappa shape index (κ1) is 12.1. The molecule has 0 aliphatic heterocycles. The van der Waals surface area contributed by atoms with Gasteiger partial charge in [0.1, 0.15) is 0 Å². The molecule has 3 aromatic heterocycles. The summed E-state index contributed by atoms with van der Waals surface area (Å²) in [5.41, 5.74) is 1.38. The van der Waals surface area contributed by atoms with Crippen LogP contribution in [0.4, 0.5) is 0 Å². The highest BCUT2D eigenvalue weighted by atomic mass is 79.9. The maximum atomic E-state index is 3.88. The van der Waals surface area contributed by atoms with Crippen LogP contribution < -0.4 is 0 Å². The highest BCUT2D eigenvalue weighted by Crippen LogP contribution is 2.43. The van der Waals surface area contributed by atoms with E-state index in [-0.39, 0.29) is 0 Å². The molecule has 0 spiro atoms. The molecule has 4 aromatic rings. The van der Waals surface area contributed by atoms with Crippen molar-refractivity contribution in [2.45, 2.75) is 4.83 Å². The summed E-state index contributed by atoms with van der Waals surface area (Å²) in [6.07, 6.45) is 0. The maximum Gasteiger partial charge on any atom is 0.0752 e. The zero-order valence-corrected chi connectivity index (χ0v) is 13.8. The van der Waals surface area contributed by atoms with E-state index in [0.717, 1.165) is 0 Å². The van der Waals surface area contributed by atoms with E-state index in [0.29, 0.717) is 4.83 Å². The zero-order valence-electron chi connectivity index (χ0n) is 9.80. The van der Waals surface area contributed by atoms with Crippen LogP contribution in [0.1, 0.15) is 15.3 Å². The summed E-state index contributed by atoms with van der Waals surface area (Å²) in [6, 6.07) is 13.1. The van der Waals surface area contributed by atoms with Gasteiger partial charge in [0.2, 0.25) is 0 Å². The first-order valence-corrected chi connectivity index (χ1v) is 9.39. The molecule has 0 radical (unpaired) electrons. The fourth-order valence-corrected chi connectivity index (χ4v) is 6.33. The summed E-state index contributed by atoms with van der Waals surface area (Å²) in [7, 11) is 0. The third-order valence-electron chi connectivity index (χ3n) is 3.19. The Morgan fingerprint density at radius 1 is 0.947 bits per heavy atom. The Morgan fingerprint density at radius 2 is 1.84 bits per heavy atom. The van der Waals surface area contributed by atoms with Crippen LogP contribution in [0.3, 0.4) is 0 Å². The van der Waals surface area contributed by atoms with Crippen molar-refractivity contribution in [2.75, 3.05) is 0 Å². The van der Waals surface area contributed by atoms with Gasteiger partial charge in [-0.2, -0.15) is 0 Å². The molecule has 19 heavy (non-hydrogen) atoms. The van der Waals surface area contributed by atoms with Crippen molar-refractivity contribution in [2.24, 2.45) is 0 Å². The molecule has 1 atom stereocenters. The average molecular weight is 365 g/mol. The number of thiophene rings is 3. The van der Waals surface area contributed by atoms with Gasteiger partial charge in [-0.25, -0.2) is 0 Å². The third-order valence-corrected chi connectivity index (χ3v) is 7.62. The van der Waals surface area contributed by atoms with E-state index < -0.39 is 0 Å². The summed E-state index contributed by atoms with van der Waals surface area (Å²) in [6.45, 7) is 0. The Labute approximate surface area is 131 Å². The molecule has 0 fully saturated rings. The van der Waals surface area contributed by atoms with E-state index in [9.17, 15) is 0 Å². The van der Waals surface area contributed by atoms with E-state index in [2.05, 4.69) is 63.1 Å². The van der Waals surface area contributed by atoms with Crippen LogP contribution in [0.25, 0.3) is 19.5 Å². The van der Waals surface area contributed by atoms with Crippen molar-refractivity contribution in [1.29, 1.82) is 0 Å². The van der Waals surface area contributed by atoms with E-state index in [4.69, 9.17) is 0 Å². The van der Waals surface area contributed by atoms with Crippen molar-refractivity contribution in [3.05, 3.63) is 57.6 Å². The monoisotopic (exact) mass is 364 g/mol. The van der Waals surface area contributed by atoms with Crippen LogP contribution >= 0.6 is 49.9 Å². The molecule has 0 amide bonds. The Balaban J connectivity index is 1.84. The van der Waals surface area contributed by atoms with Gasteiger partial charge >= 0.3 is 0 Å². The van der Waals surface area contributed by atoms with Crippen molar-refractivity contribution in [1.82, 2.24) is 0 Å². The lowest BCUT2D eigenvalue weighted by Crippen LogP contribution is -1.86. The SMILES string of the molecule is BrC(c1cc2sccc2s1)c1csc2ccccc12. The molecule has 94 valence electrons. The van der Waals surface area contributed by atoms with Crippen LogP contribution in [0.5, 0.6) is 0 Å². The molecule has 0 aliphatic rings. The van der Waals surface area contributed by atoms with Gasteiger partial charge in [0.15, 0.2) is 0 Å². The van der Waals surface area contributed by atoms with Gasteiger partial charge < -0.3 is 0 Å². The lowest BCUT2D eigenvalue weighted by atomic mass is 10.1. The number of rotatable bonds is 2. The molecule has 1 aromatic carbocycles. The van der Waals surface area contributed by atoms with Crippen LogP contribution in [0.15, 0.2) is 47.2 Å². The summed E-state index contributed by atoms with van der Waals surface area (Å²) < 4.78 is 4.15. The number of hydrogen-bond acceptors (Lipinski definition) is 3. The normalized spacial score (nSPS) is 13.3.